The Morgan fingerprint density at radius 1 is 1.30 bits per heavy atom. The van der Waals surface area contributed by atoms with Crippen LogP contribution in [0.5, 0.6) is 0 Å². The number of aliphatic hydroxyl groups is 1. The number of aliphatic hydroxyl groups excluding tert-OH is 1. The highest BCUT2D eigenvalue weighted by Gasteiger charge is 2.15. The minimum atomic E-state index is -0.0763. The summed E-state index contributed by atoms with van der Waals surface area (Å²) in [6, 6.07) is 9.69. The third kappa shape index (κ3) is 5.53. The van der Waals surface area contributed by atoms with Gasteiger partial charge in [0.05, 0.1) is 12.1 Å². The summed E-state index contributed by atoms with van der Waals surface area (Å²) >= 11 is 0. The van der Waals surface area contributed by atoms with Crippen molar-refractivity contribution < 1.29 is 9.90 Å². The van der Waals surface area contributed by atoms with Crippen LogP contribution in [0.2, 0.25) is 0 Å². The van der Waals surface area contributed by atoms with Crippen molar-refractivity contribution in [2.45, 2.75) is 33.1 Å². The highest BCUT2D eigenvalue weighted by molar-refractivity contribution is 5.78. The SMILES string of the molecule is CC(C)(CO)CCCNC(=O)Cc1ccc(-n2cccn2)cc1. The highest BCUT2D eigenvalue weighted by Crippen LogP contribution is 2.20. The lowest BCUT2D eigenvalue weighted by atomic mass is 9.89. The van der Waals surface area contributed by atoms with Crippen molar-refractivity contribution in [1.82, 2.24) is 15.1 Å². The smallest absolute Gasteiger partial charge is 0.224 e. The molecule has 0 aliphatic rings. The second-order valence-corrected chi connectivity index (χ2v) is 6.57. The Morgan fingerprint density at radius 3 is 2.65 bits per heavy atom. The van der Waals surface area contributed by atoms with E-state index < -0.39 is 0 Å². The van der Waals surface area contributed by atoms with E-state index in [1.165, 1.54) is 0 Å². The lowest BCUT2D eigenvalue weighted by Gasteiger charge is -2.21. The molecule has 5 heteroatoms. The van der Waals surface area contributed by atoms with E-state index in [9.17, 15) is 9.90 Å². The number of nitrogens with zero attached hydrogens (tertiary/aromatic N) is 2. The predicted octanol–water partition coefficient (Wildman–Crippen LogP) is 2.33. The van der Waals surface area contributed by atoms with Crippen molar-refractivity contribution >= 4 is 5.91 Å². The van der Waals surface area contributed by atoms with E-state index in [-0.39, 0.29) is 17.9 Å². The van der Waals surface area contributed by atoms with E-state index in [1.54, 1.807) is 10.9 Å². The van der Waals surface area contributed by atoms with Gasteiger partial charge >= 0.3 is 0 Å². The first-order valence-electron chi connectivity index (χ1n) is 7.97. The second-order valence-electron chi connectivity index (χ2n) is 6.57. The Morgan fingerprint density at radius 2 is 2.04 bits per heavy atom. The molecule has 1 amide bonds. The summed E-state index contributed by atoms with van der Waals surface area (Å²) < 4.78 is 1.78. The molecule has 2 aromatic rings. The molecule has 124 valence electrons. The minimum absolute atomic E-state index is 0.0265. The Hall–Kier alpha value is -2.14. The average Bonchev–Trinajstić information content (AvgIpc) is 3.07. The van der Waals surface area contributed by atoms with Gasteiger partial charge in [0.15, 0.2) is 0 Å². The molecule has 0 saturated carbocycles. The molecule has 1 aromatic carbocycles. The molecule has 0 radical (unpaired) electrons. The zero-order valence-electron chi connectivity index (χ0n) is 13.8. The maximum absolute atomic E-state index is 11.9. The van der Waals surface area contributed by atoms with E-state index in [1.807, 2.05) is 50.4 Å². The third-order valence-electron chi connectivity index (χ3n) is 3.85. The first-order chi connectivity index (χ1) is 11.0. The van der Waals surface area contributed by atoms with E-state index in [0.29, 0.717) is 13.0 Å². The quantitative estimate of drug-likeness (QED) is 0.735. The lowest BCUT2D eigenvalue weighted by molar-refractivity contribution is -0.120. The number of nitrogens with one attached hydrogen (secondary N) is 1. The standard InChI is InChI=1S/C18H25N3O2/c1-18(2,14-22)9-3-10-19-17(23)13-15-5-7-16(8-6-15)21-12-4-11-20-21/h4-8,11-12,22H,3,9-10,13-14H2,1-2H3,(H,19,23). The zero-order valence-corrected chi connectivity index (χ0v) is 13.8. The molecule has 0 unspecified atom stereocenters. The van der Waals surface area contributed by atoms with Crippen LogP contribution in [0.4, 0.5) is 0 Å². The van der Waals surface area contributed by atoms with Gasteiger partial charge in [0.1, 0.15) is 0 Å². The van der Waals surface area contributed by atoms with Gasteiger partial charge in [-0.05, 0) is 42.0 Å². The highest BCUT2D eigenvalue weighted by atomic mass is 16.3. The summed E-state index contributed by atoms with van der Waals surface area (Å²) in [6.45, 7) is 4.86. The van der Waals surface area contributed by atoms with Crippen molar-refractivity contribution in [2.75, 3.05) is 13.2 Å². The van der Waals surface area contributed by atoms with E-state index in [0.717, 1.165) is 24.1 Å². The number of rotatable bonds is 8. The largest absolute Gasteiger partial charge is 0.396 e. The number of carbonyl (C=O) groups is 1. The van der Waals surface area contributed by atoms with Gasteiger partial charge in [-0.1, -0.05) is 26.0 Å². The maximum atomic E-state index is 11.9. The van der Waals surface area contributed by atoms with Crippen molar-refractivity contribution in [2.24, 2.45) is 5.41 Å². The van der Waals surface area contributed by atoms with Crippen molar-refractivity contribution in [1.29, 1.82) is 0 Å². The number of carbonyl (C=O) groups excluding carboxylic acids is 1. The van der Waals surface area contributed by atoms with Crippen LogP contribution in [0.15, 0.2) is 42.7 Å². The normalized spacial score (nSPS) is 11.4. The van der Waals surface area contributed by atoms with Crippen LogP contribution in [0.1, 0.15) is 32.3 Å². The third-order valence-corrected chi connectivity index (χ3v) is 3.85. The van der Waals surface area contributed by atoms with Crippen LogP contribution in [0.3, 0.4) is 0 Å². The topological polar surface area (TPSA) is 67.2 Å². The summed E-state index contributed by atoms with van der Waals surface area (Å²) in [6.07, 6.45) is 5.76. The molecule has 0 fully saturated rings. The summed E-state index contributed by atoms with van der Waals surface area (Å²) in [5.41, 5.74) is 1.88. The molecule has 0 atom stereocenters. The molecule has 1 heterocycles. The Labute approximate surface area is 137 Å². The van der Waals surface area contributed by atoms with Crippen molar-refractivity contribution in [3.63, 3.8) is 0 Å². The van der Waals surface area contributed by atoms with Gasteiger partial charge < -0.3 is 10.4 Å². The number of aromatic nitrogens is 2. The number of amides is 1. The maximum Gasteiger partial charge on any atom is 0.224 e. The summed E-state index contributed by atoms with van der Waals surface area (Å²) in [4.78, 5) is 11.9. The Balaban J connectivity index is 1.75. The van der Waals surface area contributed by atoms with Crippen LogP contribution in [-0.4, -0.2) is 33.9 Å². The summed E-state index contributed by atoms with van der Waals surface area (Å²) in [7, 11) is 0. The van der Waals surface area contributed by atoms with Gasteiger partial charge in [-0.15, -0.1) is 0 Å². The molecule has 23 heavy (non-hydrogen) atoms. The fraction of sp³-hybridized carbons (Fsp3) is 0.444. The van der Waals surface area contributed by atoms with Gasteiger partial charge in [-0.3, -0.25) is 4.79 Å². The minimum Gasteiger partial charge on any atom is -0.396 e. The second kappa shape index (κ2) is 7.92. The molecule has 2 N–H and O–H groups in total. The van der Waals surface area contributed by atoms with E-state index >= 15 is 0 Å². The van der Waals surface area contributed by atoms with E-state index in [2.05, 4.69) is 10.4 Å². The van der Waals surface area contributed by atoms with Gasteiger partial charge in [-0.2, -0.15) is 5.10 Å². The molecular formula is C18H25N3O2. The van der Waals surface area contributed by atoms with Crippen LogP contribution < -0.4 is 5.32 Å². The Kier molecular flexibility index (Phi) is 5.93. The van der Waals surface area contributed by atoms with E-state index in [4.69, 9.17) is 0 Å². The number of hydrogen-bond donors (Lipinski definition) is 2. The van der Waals surface area contributed by atoms with Gasteiger partial charge in [0.25, 0.3) is 0 Å². The van der Waals surface area contributed by atoms with Crippen LogP contribution in [-0.2, 0) is 11.2 Å². The molecule has 0 spiro atoms. The fourth-order valence-corrected chi connectivity index (χ4v) is 2.31. The van der Waals surface area contributed by atoms with Crippen molar-refractivity contribution in [3.8, 4) is 5.69 Å². The number of hydrogen-bond acceptors (Lipinski definition) is 3. The molecule has 2 rings (SSSR count). The summed E-state index contributed by atoms with van der Waals surface area (Å²) in [5, 5.41) is 16.3. The molecule has 0 aliphatic carbocycles. The number of benzene rings is 1. The molecule has 0 saturated heterocycles. The molecule has 0 bridgehead atoms. The van der Waals surface area contributed by atoms with Gasteiger partial charge in [0.2, 0.25) is 5.91 Å². The summed E-state index contributed by atoms with van der Waals surface area (Å²) in [5.74, 6) is 0.0265. The zero-order chi connectivity index (χ0) is 16.7. The van der Waals surface area contributed by atoms with Gasteiger partial charge in [-0.25, -0.2) is 4.68 Å². The molecular weight excluding hydrogens is 290 g/mol. The lowest BCUT2D eigenvalue weighted by Crippen LogP contribution is -2.27. The first-order valence-corrected chi connectivity index (χ1v) is 7.97. The Bertz CT molecular complexity index is 604. The van der Waals surface area contributed by atoms with Crippen molar-refractivity contribution in [3.05, 3.63) is 48.3 Å². The van der Waals surface area contributed by atoms with Crippen LogP contribution in [0, 0.1) is 5.41 Å². The fourth-order valence-electron chi connectivity index (χ4n) is 2.31. The van der Waals surface area contributed by atoms with Gasteiger partial charge in [0, 0.05) is 25.5 Å². The van der Waals surface area contributed by atoms with Crippen LogP contribution in [0.25, 0.3) is 5.69 Å². The predicted molar refractivity (Wildman–Crippen MR) is 90.4 cm³/mol. The molecule has 0 aliphatic heterocycles. The molecule has 5 nitrogen and oxygen atoms in total. The average molecular weight is 315 g/mol. The monoisotopic (exact) mass is 315 g/mol. The van der Waals surface area contributed by atoms with Crippen LogP contribution >= 0.6 is 0 Å². The first kappa shape index (κ1) is 17.2. The molecule has 1 aromatic heterocycles.